The molecule has 0 radical (unpaired) electrons. The van der Waals surface area contributed by atoms with E-state index in [1.165, 1.54) is 18.2 Å². The van der Waals surface area contributed by atoms with Gasteiger partial charge in [-0.15, -0.1) is 0 Å². The van der Waals surface area contributed by atoms with E-state index in [2.05, 4.69) is 10.6 Å². The molecule has 0 aliphatic rings. The van der Waals surface area contributed by atoms with E-state index in [4.69, 9.17) is 9.88 Å². The number of anilines is 1. The molecule has 1 atom stereocenters. The van der Waals surface area contributed by atoms with Gasteiger partial charge in [0.1, 0.15) is 22.3 Å². The van der Waals surface area contributed by atoms with Crippen LogP contribution >= 0.6 is 0 Å². The lowest BCUT2D eigenvalue weighted by molar-refractivity contribution is -0.384. The lowest BCUT2D eigenvalue weighted by Crippen LogP contribution is -2.32. The maximum Gasteiger partial charge on any atom is 0.407 e. The molecule has 9 nitrogen and oxygen atoms in total. The third-order valence-electron chi connectivity index (χ3n) is 2.74. The number of alkyl carbamates (subject to hydrolysis) is 1. The summed E-state index contributed by atoms with van der Waals surface area (Å²) < 4.78 is 16.3. The van der Waals surface area contributed by atoms with Gasteiger partial charge < -0.3 is 15.4 Å². The smallest absolute Gasteiger partial charge is 0.407 e. The quantitative estimate of drug-likeness (QED) is 0.382. The van der Waals surface area contributed by atoms with Crippen LogP contribution in [-0.2, 0) is 15.7 Å². The Labute approximate surface area is 148 Å². The van der Waals surface area contributed by atoms with Crippen LogP contribution in [-0.4, -0.2) is 33.9 Å². The highest BCUT2D eigenvalue weighted by Gasteiger charge is 2.16. The van der Waals surface area contributed by atoms with E-state index in [-0.39, 0.29) is 22.8 Å². The molecule has 0 spiro atoms. The van der Waals surface area contributed by atoms with Crippen molar-refractivity contribution in [3.63, 3.8) is 0 Å². The average Bonchev–Trinajstić information content (AvgIpc) is 2.48. The minimum atomic E-state index is -1.78. The van der Waals surface area contributed by atoms with Gasteiger partial charge in [-0.3, -0.25) is 10.1 Å². The zero-order valence-electron chi connectivity index (χ0n) is 14.3. The van der Waals surface area contributed by atoms with Crippen molar-refractivity contribution in [2.75, 3.05) is 18.4 Å². The number of hydrogen-bond donors (Lipinski definition) is 3. The molecular formula is C15H22N4O5S. The fourth-order valence-corrected chi connectivity index (χ4v) is 2.16. The van der Waals surface area contributed by atoms with Crippen molar-refractivity contribution in [2.24, 2.45) is 5.14 Å². The number of rotatable bonds is 7. The average molecular weight is 370 g/mol. The first-order valence-electron chi connectivity index (χ1n) is 7.40. The summed E-state index contributed by atoms with van der Waals surface area (Å²) in [5, 5.41) is 21.7. The van der Waals surface area contributed by atoms with Crippen molar-refractivity contribution in [1.29, 1.82) is 0 Å². The van der Waals surface area contributed by atoms with Gasteiger partial charge in [-0.2, -0.15) is 0 Å². The highest BCUT2D eigenvalue weighted by atomic mass is 32.2. The third-order valence-corrected chi connectivity index (χ3v) is 3.46. The minimum Gasteiger partial charge on any atom is -0.444 e. The second-order valence-electron chi connectivity index (χ2n) is 5.97. The highest BCUT2D eigenvalue weighted by molar-refractivity contribution is 7.82. The van der Waals surface area contributed by atoms with Crippen LogP contribution in [0, 0.1) is 10.1 Å². The van der Waals surface area contributed by atoms with Crippen LogP contribution in [0.3, 0.4) is 0 Å². The molecule has 1 aromatic carbocycles. The molecule has 1 aromatic rings. The van der Waals surface area contributed by atoms with Crippen molar-refractivity contribution < 1.29 is 18.7 Å². The van der Waals surface area contributed by atoms with Gasteiger partial charge in [0.2, 0.25) is 0 Å². The normalized spacial score (nSPS) is 12.6. The molecular weight excluding hydrogens is 348 g/mol. The number of nitrogens with zero attached hydrogens (tertiary/aromatic N) is 1. The van der Waals surface area contributed by atoms with Crippen LogP contribution in [0.5, 0.6) is 0 Å². The standard InChI is InChI=1S/C15H22N4O5S/c1-15(2,3)24-14(20)18-9-5-4-8-17-12-7-6-11(25(16)23)10-13(12)19(21)22/h4-7,10,17H,8-9,16H2,1-3H3,(H,18,20)/b5-4+. The number of nitrogens with one attached hydrogen (secondary N) is 2. The summed E-state index contributed by atoms with van der Waals surface area (Å²) >= 11 is 0. The Morgan fingerprint density at radius 1 is 1.36 bits per heavy atom. The van der Waals surface area contributed by atoms with Gasteiger partial charge in [-0.25, -0.2) is 14.1 Å². The zero-order valence-corrected chi connectivity index (χ0v) is 15.1. The SMILES string of the molecule is CC(C)(C)OC(=O)NC/C=C/CNc1ccc(S(N)=O)cc1[N+](=O)[O-]. The highest BCUT2D eigenvalue weighted by Crippen LogP contribution is 2.26. The Balaban J connectivity index is 2.52. The predicted molar refractivity (Wildman–Crippen MR) is 95.6 cm³/mol. The molecule has 25 heavy (non-hydrogen) atoms. The summed E-state index contributed by atoms with van der Waals surface area (Å²) in [6.45, 7) is 5.88. The van der Waals surface area contributed by atoms with Gasteiger partial charge >= 0.3 is 6.09 Å². The van der Waals surface area contributed by atoms with E-state index in [1.54, 1.807) is 32.9 Å². The second-order valence-corrected chi connectivity index (χ2v) is 7.03. The molecule has 1 amide bonds. The Bertz CT molecular complexity index is 685. The largest absolute Gasteiger partial charge is 0.444 e. The molecule has 0 saturated carbocycles. The van der Waals surface area contributed by atoms with Gasteiger partial charge in [0.15, 0.2) is 0 Å². The van der Waals surface area contributed by atoms with E-state index in [9.17, 15) is 19.1 Å². The van der Waals surface area contributed by atoms with E-state index in [0.717, 1.165) is 0 Å². The molecule has 10 heteroatoms. The summed E-state index contributed by atoms with van der Waals surface area (Å²) in [5.41, 5.74) is -0.492. The van der Waals surface area contributed by atoms with Crippen molar-refractivity contribution in [1.82, 2.24) is 5.32 Å². The van der Waals surface area contributed by atoms with Gasteiger partial charge in [0.05, 0.1) is 9.82 Å². The van der Waals surface area contributed by atoms with E-state index in [0.29, 0.717) is 6.54 Å². The first-order chi connectivity index (χ1) is 11.6. The molecule has 0 heterocycles. The second kappa shape index (κ2) is 9.14. The number of nitrogens with two attached hydrogens (primary N) is 1. The minimum absolute atomic E-state index is 0.175. The zero-order chi connectivity index (χ0) is 19.0. The fourth-order valence-electron chi connectivity index (χ4n) is 1.73. The Hall–Kier alpha value is -2.46. The maximum absolute atomic E-state index is 11.4. The summed E-state index contributed by atoms with van der Waals surface area (Å²) in [7, 11) is -1.78. The summed E-state index contributed by atoms with van der Waals surface area (Å²) in [4.78, 5) is 22.1. The van der Waals surface area contributed by atoms with Crippen LogP contribution in [0.2, 0.25) is 0 Å². The van der Waals surface area contributed by atoms with Crippen LogP contribution in [0.15, 0.2) is 35.2 Å². The number of benzene rings is 1. The van der Waals surface area contributed by atoms with Crippen molar-refractivity contribution >= 4 is 28.5 Å². The maximum atomic E-state index is 11.4. The molecule has 0 bridgehead atoms. The lowest BCUT2D eigenvalue weighted by atomic mass is 10.2. The molecule has 4 N–H and O–H groups in total. The van der Waals surface area contributed by atoms with Gasteiger partial charge in [0.25, 0.3) is 5.69 Å². The number of nitro groups is 1. The molecule has 1 rings (SSSR count). The molecule has 0 saturated heterocycles. The van der Waals surface area contributed by atoms with E-state index >= 15 is 0 Å². The first-order valence-corrected chi connectivity index (χ1v) is 8.62. The van der Waals surface area contributed by atoms with Crippen molar-refractivity contribution in [3.05, 3.63) is 40.5 Å². The summed E-state index contributed by atoms with van der Waals surface area (Å²) in [5.74, 6) is 0. The fraction of sp³-hybridized carbons (Fsp3) is 0.400. The number of carbonyl (C=O) groups excluding carboxylic acids is 1. The Morgan fingerprint density at radius 3 is 2.56 bits per heavy atom. The van der Waals surface area contributed by atoms with Crippen LogP contribution in [0.25, 0.3) is 0 Å². The van der Waals surface area contributed by atoms with Crippen LogP contribution in [0.4, 0.5) is 16.2 Å². The number of carbonyl (C=O) groups is 1. The molecule has 0 aliphatic carbocycles. The van der Waals surface area contributed by atoms with E-state index in [1.807, 2.05) is 0 Å². The van der Waals surface area contributed by atoms with Crippen LogP contribution in [0.1, 0.15) is 20.8 Å². The molecule has 0 fully saturated rings. The molecule has 138 valence electrons. The van der Waals surface area contributed by atoms with E-state index < -0.39 is 27.6 Å². The third kappa shape index (κ3) is 7.77. The summed E-state index contributed by atoms with van der Waals surface area (Å²) in [6, 6.07) is 4.08. The number of ether oxygens (including phenoxy) is 1. The number of nitro benzene ring substituents is 1. The molecule has 0 aromatic heterocycles. The monoisotopic (exact) mass is 370 g/mol. The Kier molecular flexibility index (Phi) is 7.52. The first kappa shape index (κ1) is 20.6. The summed E-state index contributed by atoms with van der Waals surface area (Å²) in [6.07, 6.45) is 2.87. The predicted octanol–water partition coefficient (Wildman–Crippen LogP) is 2.07. The van der Waals surface area contributed by atoms with Gasteiger partial charge in [-0.05, 0) is 32.9 Å². The topological polar surface area (TPSA) is 137 Å². The lowest BCUT2D eigenvalue weighted by Gasteiger charge is -2.19. The molecule has 1 unspecified atom stereocenters. The van der Waals surface area contributed by atoms with Crippen molar-refractivity contribution in [3.8, 4) is 0 Å². The number of hydrogen-bond acceptors (Lipinski definition) is 6. The molecule has 0 aliphatic heterocycles. The number of amides is 1. The van der Waals surface area contributed by atoms with Crippen LogP contribution < -0.4 is 15.8 Å². The van der Waals surface area contributed by atoms with Crippen molar-refractivity contribution in [2.45, 2.75) is 31.3 Å². The van der Waals surface area contributed by atoms with Gasteiger partial charge in [-0.1, -0.05) is 12.2 Å². The van der Waals surface area contributed by atoms with Gasteiger partial charge in [0, 0.05) is 19.2 Å². The Morgan fingerprint density at radius 2 is 2.00 bits per heavy atom.